The van der Waals surface area contributed by atoms with Gasteiger partial charge in [0.1, 0.15) is 11.5 Å². The maximum atomic E-state index is 12.4. The fourth-order valence-electron chi connectivity index (χ4n) is 3.58. The molecule has 2 heterocycles. The summed E-state index contributed by atoms with van der Waals surface area (Å²) in [5.41, 5.74) is 0.892. The molecule has 1 unspecified atom stereocenters. The molecule has 1 saturated heterocycles. The van der Waals surface area contributed by atoms with E-state index in [0.717, 1.165) is 24.8 Å². The van der Waals surface area contributed by atoms with Crippen LogP contribution >= 0.6 is 0 Å². The molecule has 0 bridgehead atoms. The standard InChI is InChI=1S/C21H27N3O5/c1-27-17-7-6-16(18(10-17)28-2)11-23-20(25)8-5-15-4-3-9-24(13-15)21(26)19-12-22-14-29-19/h6-7,10,12,14-15H,3-5,8-9,11,13H2,1-2H3,(H,23,25). The Kier molecular flexibility index (Phi) is 7.10. The van der Waals surface area contributed by atoms with Gasteiger partial charge in [0.2, 0.25) is 11.7 Å². The molecule has 8 nitrogen and oxygen atoms in total. The van der Waals surface area contributed by atoms with Crippen LogP contribution < -0.4 is 14.8 Å². The topological polar surface area (TPSA) is 93.9 Å². The number of nitrogens with one attached hydrogen (secondary N) is 1. The van der Waals surface area contributed by atoms with Gasteiger partial charge in [-0.3, -0.25) is 9.59 Å². The average molecular weight is 401 g/mol. The van der Waals surface area contributed by atoms with E-state index in [1.54, 1.807) is 25.2 Å². The van der Waals surface area contributed by atoms with Crippen LogP contribution in [-0.2, 0) is 11.3 Å². The lowest BCUT2D eigenvalue weighted by atomic mass is 9.93. The number of rotatable bonds is 8. The first-order valence-electron chi connectivity index (χ1n) is 9.76. The van der Waals surface area contributed by atoms with Gasteiger partial charge in [0, 0.05) is 37.7 Å². The Morgan fingerprint density at radius 3 is 2.90 bits per heavy atom. The number of ether oxygens (including phenoxy) is 2. The van der Waals surface area contributed by atoms with Gasteiger partial charge in [-0.1, -0.05) is 0 Å². The van der Waals surface area contributed by atoms with Gasteiger partial charge in [0.15, 0.2) is 6.39 Å². The third-order valence-corrected chi connectivity index (χ3v) is 5.20. The van der Waals surface area contributed by atoms with Crippen molar-refractivity contribution < 1.29 is 23.5 Å². The maximum absolute atomic E-state index is 12.4. The van der Waals surface area contributed by atoms with Crippen molar-refractivity contribution in [3.63, 3.8) is 0 Å². The highest BCUT2D eigenvalue weighted by Gasteiger charge is 2.26. The molecule has 1 aliphatic rings. The summed E-state index contributed by atoms with van der Waals surface area (Å²) < 4.78 is 15.7. The third-order valence-electron chi connectivity index (χ3n) is 5.20. The number of amides is 2. The van der Waals surface area contributed by atoms with E-state index < -0.39 is 0 Å². The van der Waals surface area contributed by atoms with E-state index in [-0.39, 0.29) is 17.6 Å². The van der Waals surface area contributed by atoms with Crippen molar-refractivity contribution in [2.75, 3.05) is 27.3 Å². The van der Waals surface area contributed by atoms with E-state index in [0.29, 0.717) is 43.5 Å². The van der Waals surface area contributed by atoms with Crippen molar-refractivity contribution in [3.8, 4) is 11.5 Å². The number of nitrogens with zero attached hydrogens (tertiary/aromatic N) is 2. The number of hydrogen-bond donors (Lipinski definition) is 1. The van der Waals surface area contributed by atoms with Gasteiger partial charge in [-0.25, -0.2) is 4.98 Å². The summed E-state index contributed by atoms with van der Waals surface area (Å²) in [4.78, 5) is 30.3. The first-order valence-corrected chi connectivity index (χ1v) is 9.76. The number of carbonyl (C=O) groups excluding carboxylic acids is 2. The number of piperidine rings is 1. The van der Waals surface area contributed by atoms with E-state index >= 15 is 0 Å². The molecule has 1 aromatic carbocycles. The molecule has 1 aliphatic heterocycles. The van der Waals surface area contributed by atoms with Crippen LogP contribution in [0.15, 0.2) is 35.2 Å². The van der Waals surface area contributed by atoms with Gasteiger partial charge in [0.05, 0.1) is 20.4 Å². The average Bonchev–Trinajstić information content (AvgIpc) is 3.30. The zero-order valence-corrected chi connectivity index (χ0v) is 16.8. The molecule has 3 rings (SSSR count). The molecule has 0 saturated carbocycles. The second kappa shape index (κ2) is 9.95. The van der Waals surface area contributed by atoms with Crippen LogP contribution in [0.4, 0.5) is 0 Å². The highest BCUT2D eigenvalue weighted by atomic mass is 16.5. The van der Waals surface area contributed by atoms with Crippen molar-refractivity contribution in [2.24, 2.45) is 5.92 Å². The molecule has 2 aromatic rings. The van der Waals surface area contributed by atoms with Crippen molar-refractivity contribution >= 4 is 11.8 Å². The highest BCUT2D eigenvalue weighted by Crippen LogP contribution is 2.25. The fraction of sp³-hybridized carbons (Fsp3) is 0.476. The zero-order chi connectivity index (χ0) is 20.6. The minimum atomic E-state index is -0.136. The molecule has 0 radical (unpaired) electrons. The van der Waals surface area contributed by atoms with Crippen LogP contribution in [0.2, 0.25) is 0 Å². The molecule has 29 heavy (non-hydrogen) atoms. The molecule has 0 spiro atoms. The Balaban J connectivity index is 1.45. The van der Waals surface area contributed by atoms with Crippen molar-refractivity contribution in [1.29, 1.82) is 0 Å². The Labute approximate surface area is 170 Å². The van der Waals surface area contributed by atoms with Crippen LogP contribution in [-0.4, -0.2) is 49.0 Å². The lowest BCUT2D eigenvalue weighted by Crippen LogP contribution is -2.40. The van der Waals surface area contributed by atoms with Gasteiger partial charge >= 0.3 is 0 Å². The van der Waals surface area contributed by atoms with Crippen LogP contribution in [0, 0.1) is 5.92 Å². The quantitative estimate of drug-likeness (QED) is 0.731. The van der Waals surface area contributed by atoms with E-state index in [4.69, 9.17) is 13.9 Å². The van der Waals surface area contributed by atoms with Crippen LogP contribution in [0.25, 0.3) is 0 Å². The van der Waals surface area contributed by atoms with Gasteiger partial charge in [-0.15, -0.1) is 0 Å². The number of likely N-dealkylation sites (tertiary alicyclic amines) is 1. The number of carbonyl (C=O) groups is 2. The first kappa shape index (κ1) is 20.7. The summed E-state index contributed by atoms with van der Waals surface area (Å²) in [7, 11) is 3.19. The molecule has 8 heteroatoms. The first-order chi connectivity index (χ1) is 14.1. The van der Waals surface area contributed by atoms with Crippen molar-refractivity contribution in [1.82, 2.24) is 15.2 Å². The van der Waals surface area contributed by atoms with E-state index in [2.05, 4.69) is 10.3 Å². The summed E-state index contributed by atoms with van der Waals surface area (Å²) in [5, 5.41) is 2.94. The molecule has 1 fully saturated rings. The number of hydrogen-bond acceptors (Lipinski definition) is 6. The summed E-state index contributed by atoms with van der Waals surface area (Å²) in [6, 6.07) is 5.52. The summed E-state index contributed by atoms with van der Waals surface area (Å²) >= 11 is 0. The predicted octanol–water partition coefficient (Wildman–Crippen LogP) is 2.64. The zero-order valence-electron chi connectivity index (χ0n) is 16.8. The molecule has 0 aliphatic carbocycles. The Hall–Kier alpha value is -3.03. The van der Waals surface area contributed by atoms with Crippen LogP contribution in [0.3, 0.4) is 0 Å². The molecule has 156 valence electrons. The number of oxazole rings is 1. The van der Waals surface area contributed by atoms with Gasteiger partial charge in [-0.05, 0) is 37.3 Å². The Bertz CT molecular complexity index is 822. The number of methoxy groups -OCH3 is 2. The minimum absolute atomic E-state index is 0.0124. The Morgan fingerprint density at radius 1 is 1.31 bits per heavy atom. The lowest BCUT2D eigenvalue weighted by Gasteiger charge is -2.32. The van der Waals surface area contributed by atoms with Gasteiger partial charge in [-0.2, -0.15) is 0 Å². The fourth-order valence-corrected chi connectivity index (χ4v) is 3.58. The number of benzene rings is 1. The normalized spacial score (nSPS) is 16.3. The second-order valence-electron chi connectivity index (χ2n) is 7.12. The highest BCUT2D eigenvalue weighted by molar-refractivity contribution is 5.91. The molecule has 1 atom stereocenters. The van der Waals surface area contributed by atoms with Crippen LogP contribution in [0.1, 0.15) is 41.8 Å². The SMILES string of the molecule is COc1ccc(CNC(=O)CCC2CCCN(C(=O)c3cnco3)C2)c(OC)c1. The molecule has 2 amide bonds. The van der Waals surface area contributed by atoms with Gasteiger partial charge < -0.3 is 24.1 Å². The largest absolute Gasteiger partial charge is 0.497 e. The van der Waals surface area contributed by atoms with Crippen molar-refractivity contribution in [2.45, 2.75) is 32.2 Å². The van der Waals surface area contributed by atoms with E-state index in [1.165, 1.54) is 12.6 Å². The summed E-state index contributed by atoms with van der Waals surface area (Å²) in [5.74, 6) is 1.80. The molecular formula is C21H27N3O5. The predicted molar refractivity (Wildman–Crippen MR) is 106 cm³/mol. The lowest BCUT2D eigenvalue weighted by molar-refractivity contribution is -0.121. The molecule has 1 N–H and O–H groups in total. The number of aromatic nitrogens is 1. The maximum Gasteiger partial charge on any atom is 0.291 e. The Morgan fingerprint density at radius 2 is 2.17 bits per heavy atom. The summed E-state index contributed by atoms with van der Waals surface area (Å²) in [6.07, 6.45) is 5.80. The smallest absolute Gasteiger partial charge is 0.291 e. The van der Waals surface area contributed by atoms with Crippen LogP contribution in [0.5, 0.6) is 11.5 Å². The van der Waals surface area contributed by atoms with E-state index in [9.17, 15) is 9.59 Å². The second-order valence-corrected chi connectivity index (χ2v) is 7.12. The molecular weight excluding hydrogens is 374 g/mol. The van der Waals surface area contributed by atoms with Crippen molar-refractivity contribution in [3.05, 3.63) is 42.1 Å². The monoisotopic (exact) mass is 401 g/mol. The minimum Gasteiger partial charge on any atom is -0.497 e. The van der Waals surface area contributed by atoms with E-state index in [1.807, 2.05) is 12.1 Å². The van der Waals surface area contributed by atoms with Gasteiger partial charge in [0.25, 0.3) is 5.91 Å². The molecule has 1 aromatic heterocycles. The summed E-state index contributed by atoms with van der Waals surface area (Å²) in [6.45, 7) is 1.74. The third kappa shape index (κ3) is 5.49.